The second-order valence-corrected chi connectivity index (χ2v) is 4.32. The minimum Gasteiger partial charge on any atom is -0.366 e. The molecule has 1 saturated heterocycles. The molecule has 0 spiro atoms. The predicted molar refractivity (Wildman–Crippen MR) is 71.3 cm³/mol. The van der Waals surface area contributed by atoms with Gasteiger partial charge < -0.3 is 10.2 Å². The largest absolute Gasteiger partial charge is 0.366 e. The molecule has 0 saturated carbocycles. The van der Waals surface area contributed by atoms with E-state index < -0.39 is 0 Å². The lowest BCUT2D eigenvalue weighted by molar-refractivity contribution is 0.485. The fourth-order valence-electron chi connectivity index (χ4n) is 2.03. The van der Waals surface area contributed by atoms with Crippen molar-refractivity contribution in [1.82, 2.24) is 9.97 Å². The van der Waals surface area contributed by atoms with Gasteiger partial charge in [0.15, 0.2) is 0 Å². The van der Waals surface area contributed by atoms with E-state index in [1.54, 1.807) is 12.4 Å². The van der Waals surface area contributed by atoms with Crippen molar-refractivity contribution in [2.45, 2.75) is 12.8 Å². The first-order valence-corrected chi connectivity index (χ1v) is 6.15. The summed E-state index contributed by atoms with van der Waals surface area (Å²) in [6, 6.07) is 4.27. The van der Waals surface area contributed by atoms with E-state index >= 15 is 0 Å². The lowest BCUT2D eigenvalue weighted by Gasteiger charge is -2.30. The van der Waals surface area contributed by atoms with E-state index in [0.717, 1.165) is 37.6 Å². The van der Waals surface area contributed by atoms with Gasteiger partial charge in [-0.25, -0.2) is 9.97 Å². The van der Waals surface area contributed by atoms with Crippen molar-refractivity contribution < 1.29 is 0 Å². The van der Waals surface area contributed by atoms with Gasteiger partial charge in [-0.05, 0) is 12.8 Å². The molecule has 1 aromatic rings. The third kappa shape index (κ3) is 2.98. The summed E-state index contributed by atoms with van der Waals surface area (Å²) in [5.74, 6) is 1.93. The first-order valence-electron chi connectivity index (χ1n) is 6.15. The molecule has 0 radical (unpaired) electrons. The summed E-state index contributed by atoms with van der Waals surface area (Å²) in [6.45, 7) is 6.12. The maximum Gasteiger partial charge on any atom is 0.134 e. The molecule has 0 aromatic carbocycles. The molecule has 1 aromatic heterocycles. The zero-order chi connectivity index (χ0) is 12.8. The second-order valence-electron chi connectivity index (χ2n) is 4.32. The van der Waals surface area contributed by atoms with Gasteiger partial charge in [0.1, 0.15) is 18.0 Å². The number of nitrogens with one attached hydrogen (secondary N) is 1. The van der Waals surface area contributed by atoms with E-state index in [4.69, 9.17) is 5.26 Å². The van der Waals surface area contributed by atoms with Gasteiger partial charge in [-0.3, -0.25) is 0 Å². The lowest BCUT2D eigenvalue weighted by atomic mass is 9.99. The number of hydrogen-bond acceptors (Lipinski definition) is 5. The van der Waals surface area contributed by atoms with Crippen LogP contribution in [0.25, 0.3) is 0 Å². The Labute approximate surface area is 107 Å². The highest BCUT2D eigenvalue weighted by Gasteiger charge is 2.19. The Morgan fingerprint density at radius 1 is 1.50 bits per heavy atom. The molecule has 5 nitrogen and oxygen atoms in total. The van der Waals surface area contributed by atoms with E-state index in [1.807, 2.05) is 6.07 Å². The van der Waals surface area contributed by atoms with Crippen LogP contribution in [0.15, 0.2) is 25.0 Å². The molecule has 2 heterocycles. The molecule has 0 aliphatic carbocycles. The van der Waals surface area contributed by atoms with Gasteiger partial charge in [-0.2, -0.15) is 5.26 Å². The summed E-state index contributed by atoms with van der Waals surface area (Å²) in [4.78, 5) is 10.6. The Morgan fingerprint density at radius 2 is 2.28 bits per heavy atom. The van der Waals surface area contributed by atoms with Crippen molar-refractivity contribution in [3.63, 3.8) is 0 Å². The van der Waals surface area contributed by atoms with Crippen molar-refractivity contribution in [3.05, 3.63) is 25.0 Å². The van der Waals surface area contributed by atoms with Gasteiger partial charge in [-0.15, -0.1) is 6.58 Å². The Bertz CT molecular complexity index is 443. The molecular weight excluding hydrogens is 226 g/mol. The number of hydrogen-bond donors (Lipinski definition) is 1. The number of piperidine rings is 1. The van der Waals surface area contributed by atoms with Gasteiger partial charge in [0, 0.05) is 31.6 Å². The van der Waals surface area contributed by atoms with E-state index in [1.165, 1.54) is 0 Å². The van der Waals surface area contributed by atoms with Crippen LogP contribution in [0.2, 0.25) is 0 Å². The predicted octanol–water partition coefficient (Wildman–Crippen LogP) is 1.81. The summed E-state index contributed by atoms with van der Waals surface area (Å²) >= 11 is 0. The summed E-state index contributed by atoms with van der Waals surface area (Å²) in [5.41, 5.74) is 0. The van der Waals surface area contributed by atoms with Crippen LogP contribution >= 0.6 is 0 Å². The van der Waals surface area contributed by atoms with Gasteiger partial charge in [0.2, 0.25) is 0 Å². The van der Waals surface area contributed by atoms with Crippen LogP contribution in [0.4, 0.5) is 11.6 Å². The number of nitrogens with zero attached hydrogens (tertiary/aromatic N) is 4. The minimum atomic E-state index is 0.196. The molecule has 2 rings (SSSR count). The second kappa shape index (κ2) is 6.01. The average Bonchev–Trinajstić information content (AvgIpc) is 2.45. The van der Waals surface area contributed by atoms with E-state index in [9.17, 15) is 0 Å². The standard InChI is InChI=1S/C13H17N5/c1-2-5-15-12-8-13(17-10-16-12)18-6-3-11(9-14)4-7-18/h2,8,10-11H,1,3-7H2,(H,15,16,17). The minimum absolute atomic E-state index is 0.196. The average molecular weight is 243 g/mol. The SMILES string of the molecule is C=CCNc1cc(N2CCC(C#N)CC2)ncn1. The van der Waals surface area contributed by atoms with E-state index in [2.05, 4.69) is 32.8 Å². The van der Waals surface area contributed by atoms with Crippen LogP contribution in [-0.4, -0.2) is 29.6 Å². The maximum atomic E-state index is 8.88. The van der Waals surface area contributed by atoms with E-state index in [0.29, 0.717) is 6.54 Å². The van der Waals surface area contributed by atoms with Crippen LogP contribution in [0.5, 0.6) is 0 Å². The summed E-state index contributed by atoms with van der Waals surface area (Å²) < 4.78 is 0. The molecule has 1 N–H and O–H groups in total. The molecule has 0 amide bonds. The van der Waals surface area contributed by atoms with Gasteiger partial charge >= 0.3 is 0 Å². The quantitative estimate of drug-likeness (QED) is 0.817. The van der Waals surface area contributed by atoms with E-state index in [-0.39, 0.29) is 5.92 Å². The fraction of sp³-hybridized carbons (Fsp3) is 0.462. The van der Waals surface area contributed by atoms with Gasteiger partial charge in [0.25, 0.3) is 0 Å². The molecule has 0 bridgehead atoms. The highest BCUT2D eigenvalue weighted by molar-refractivity contribution is 5.48. The number of nitriles is 1. The number of rotatable bonds is 4. The normalized spacial score (nSPS) is 16.1. The highest BCUT2D eigenvalue weighted by Crippen LogP contribution is 2.22. The zero-order valence-corrected chi connectivity index (χ0v) is 10.3. The van der Waals surface area contributed by atoms with Crippen molar-refractivity contribution in [2.75, 3.05) is 29.9 Å². The van der Waals surface area contributed by atoms with Crippen molar-refractivity contribution >= 4 is 11.6 Å². The summed E-state index contributed by atoms with van der Waals surface area (Å²) in [5, 5.41) is 12.0. The summed E-state index contributed by atoms with van der Waals surface area (Å²) in [7, 11) is 0. The Hall–Kier alpha value is -2.09. The summed E-state index contributed by atoms with van der Waals surface area (Å²) in [6.07, 6.45) is 5.18. The molecule has 0 unspecified atom stereocenters. The van der Waals surface area contributed by atoms with Crippen molar-refractivity contribution in [1.29, 1.82) is 5.26 Å². The Kier molecular flexibility index (Phi) is 4.13. The smallest absolute Gasteiger partial charge is 0.134 e. The molecular formula is C13H17N5. The number of anilines is 2. The molecule has 1 aliphatic heterocycles. The maximum absolute atomic E-state index is 8.88. The molecule has 94 valence electrons. The monoisotopic (exact) mass is 243 g/mol. The van der Waals surface area contributed by atoms with Crippen LogP contribution in [0.1, 0.15) is 12.8 Å². The zero-order valence-electron chi connectivity index (χ0n) is 10.3. The van der Waals surface area contributed by atoms with Crippen LogP contribution in [-0.2, 0) is 0 Å². The molecule has 1 aliphatic rings. The van der Waals surface area contributed by atoms with Crippen LogP contribution in [0, 0.1) is 17.2 Å². The Morgan fingerprint density at radius 3 is 2.94 bits per heavy atom. The molecule has 1 fully saturated rings. The van der Waals surface area contributed by atoms with Crippen LogP contribution < -0.4 is 10.2 Å². The van der Waals surface area contributed by atoms with Crippen molar-refractivity contribution in [3.8, 4) is 6.07 Å². The molecule has 0 atom stereocenters. The molecule has 18 heavy (non-hydrogen) atoms. The lowest BCUT2D eigenvalue weighted by Crippen LogP contribution is -2.33. The molecule has 5 heteroatoms. The number of aromatic nitrogens is 2. The van der Waals surface area contributed by atoms with Gasteiger partial charge in [-0.1, -0.05) is 6.08 Å². The Balaban J connectivity index is 2.01. The topological polar surface area (TPSA) is 64.8 Å². The first-order chi connectivity index (χ1) is 8.83. The fourth-order valence-corrected chi connectivity index (χ4v) is 2.03. The third-order valence-corrected chi connectivity index (χ3v) is 3.08. The first kappa shape index (κ1) is 12.4. The van der Waals surface area contributed by atoms with Crippen molar-refractivity contribution in [2.24, 2.45) is 5.92 Å². The van der Waals surface area contributed by atoms with Gasteiger partial charge in [0.05, 0.1) is 6.07 Å². The third-order valence-electron chi connectivity index (χ3n) is 3.08. The highest BCUT2D eigenvalue weighted by atomic mass is 15.2. The van der Waals surface area contributed by atoms with Crippen LogP contribution in [0.3, 0.4) is 0 Å².